The van der Waals surface area contributed by atoms with Crippen molar-refractivity contribution in [2.45, 2.75) is 66.5 Å². The van der Waals surface area contributed by atoms with Gasteiger partial charge in [0.2, 0.25) is 5.82 Å². The fourth-order valence-corrected chi connectivity index (χ4v) is 5.03. The Hall–Kier alpha value is -4.35. The molecule has 12 heteroatoms. The highest BCUT2D eigenvalue weighted by atomic mass is 16.5. The molecule has 4 heterocycles. The number of carbonyl (C=O) groups excluding carboxylic acids is 2. The van der Waals surface area contributed by atoms with Gasteiger partial charge in [0.05, 0.1) is 18.4 Å². The van der Waals surface area contributed by atoms with Gasteiger partial charge in [-0.15, -0.1) is 10.2 Å². The molecular weight excluding hydrogens is 522 g/mol. The Morgan fingerprint density at radius 1 is 1.02 bits per heavy atom. The zero-order valence-corrected chi connectivity index (χ0v) is 24.1. The van der Waals surface area contributed by atoms with Crippen LogP contribution in [0.25, 0.3) is 17.2 Å². The van der Waals surface area contributed by atoms with Crippen LogP contribution in [-0.4, -0.2) is 59.8 Å². The van der Waals surface area contributed by atoms with E-state index in [9.17, 15) is 9.59 Å². The lowest BCUT2D eigenvalue weighted by Gasteiger charge is -2.32. The molecule has 216 valence electrons. The number of nitrogens with one attached hydrogen (secondary N) is 1. The Kier molecular flexibility index (Phi) is 8.55. The third kappa shape index (κ3) is 6.06. The van der Waals surface area contributed by atoms with E-state index in [1.54, 1.807) is 27.6 Å². The predicted octanol–water partition coefficient (Wildman–Crippen LogP) is 3.91. The number of aromatic nitrogens is 7. The van der Waals surface area contributed by atoms with Crippen molar-refractivity contribution in [2.75, 3.05) is 18.1 Å². The molecule has 3 aromatic heterocycles. The number of carbonyl (C=O) groups is 2. The van der Waals surface area contributed by atoms with E-state index >= 15 is 0 Å². The second-order valence-electron chi connectivity index (χ2n) is 10.4. The zero-order chi connectivity index (χ0) is 28.9. The Labute approximate surface area is 239 Å². The smallest absolute Gasteiger partial charge is 0.270 e. The summed E-state index contributed by atoms with van der Waals surface area (Å²) in [4.78, 5) is 33.9. The van der Waals surface area contributed by atoms with Crippen LogP contribution < -0.4 is 15.0 Å². The zero-order valence-electron chi connectivity index (χ0n) is 24.1. The Bertz CT molecular complexity index is 1520. The van der Waals surface area contributed by atoms with Gasteiger partial charge >= 0.3 is 0 Å². The van der Waals surface area contributed by atoms with Crippen LogP contribution in [0, 0.1) is 11.8 Å². The molecule has 1 N–H and O–H groups in total. The van der Waals surface area contributed by atoms with Gasteiger partial charge in [-0.2, -0.15) is 9.90 Å². The monoisotopic (exact) mass is 559 g/mol. The van der Waals surface area contributed by atoms with Crippen molar-refractivity contribution in [3.63, 3.8) is 0 Å². The number of amides is 2. The number of rotatable bonds is 12. The minimum absolute atomic E-state index is 0.0364. The van der Waals surface area contributed by atoms with E-state index in [0.717, 1.165) is 36.9 Å². The molecule has 1 aliphatic heterocycles. The molecular formula is C29H37N9O3. The number of nitrogens with zero attached hydrogens (tertiary/aromatic N) is 8. The first-order valence-electron chi connectivity index (χ1n) is 14.4. The molecule has 0 fully saturated rings. The summed E-state index contributed by atoms with van der Waals surface area (Å²) >= 11 is 0. The summed E-state index contributed by atoms with van der Waals surface area (Å²) in [5.41, 5.74) is 2.84. The SMILES string of the molecule is CCC(CC)CN1C(=O)COc2ccc(CNC(=O)c3cc(-c4nnn(CC(CC)CC)n4)n4nccc4n3)cc21. The molecule has 1 aromatic carbocycles. The summed E-state index contributed by atoms with van der Waals surface area (Å²) in [7, 11) is 0. The van der Waals surface area contributed by atoms with Gasteiger partial charge < -0.3 is 15.0 Å². The van der Waals surface area contributed by atoms with Gasteiger partial charge in [0.25, 0.3) is 11.8 Å². The number of fused-ring (bicyclic) bond motifs is 2. The van der Waals surface area contributed by atoms with Crippen molar-refractivity contribution in [1.29, 1.82) is 0 Å². The van der Waals surface area contributed by atoms with Crippen LogP contribution >= 0.6 is 0 Å². The highest BCUT2D eigenvalue weighted by Gasteiger charge is 2.27. The molecule has 12 nitrogen and oxygen atoms in total. The molecule has 0 radical (unpaired) electrons. The average Bonchev–Trinajstić information content (AvgIpc) is 3.67. The average molecular weight is 560 g/mol. The summed E-state index contributed by atoms with van der Waals surface area (Å²) in [6.45, 7) is 10.2. The number of ether oxygens (including phenoxy) is 1. The molecule has 1 aliphatic rings. The molecule has 2 amide bonds. The number of anilines is 1. The van der Waals surface area contributed by atoms with Gasteiger partial charge in [-0.1, -0.05) is 59.4 Å². The topological polar surface area (TPSA) is 132 Å². The van der Waals surface area contributed by atoms with E-state index in [1.807, 2.05) is 23.1 Å². The third-order valence-electron chi connectivity index (χ3n) is 7.87. The largest absolute Gasteiger partial charge is 0.482 e. The molecule has 0 bridgehead atoms. The van der Waals surface area contributed by atoms with Gasteiger partial charge in [0.1, 0.15) is 17.1 Å². The number of hydrogen-bond donors (Lipinski definition) is 1. The second kappa shape index (κ2) is 12.4. The number of benzene rings is 1. The van der Waals surface area contributed by atoms with E-state index in [-0.39, 0.29) is 30.7 Å². The maximum atomic E-state index is 13.3. The molecule has 41 heavy (non-hydrogen) atoms. The minimum Gasteiger partial charge on any atom is -0.482 e. The Balaban J connectivity index is 1.34. The molecule has 4 aromatic rings. The van der Waals surface area contributed by atoms with E-state index < -0.39 is 0 Å². The van der Waals surface area contributed by atoms with Gasteiger partial charge in [-0.25, -0.2) is 9.50 Å². The van der Waals surface area contributed by atoms with Gasteiger partial charge in [0.15, 0.2) is 12.3 Å². The lowest BCUT2D eigenvalue weighted by molar-refractivity contribution is -0.121. The summed E-state index contributed by atoms with van der Waals surface area (Å²) in [5, 5.41) is 20.3. The Morgan fingerprint density at radius 2 is 1.78 bits per heavy atom. The molecule has 0 atom stereocenters. The minimum atomic E-state index is -0.349. The van der Waals surface area contributed by atoms with Crippen LogP contribution in [0.15, 0.2) is 36.5 Å². The number of hydrogen-bond acceptors (Lipinski definition) is 8. The predicted molar refractivity (Wildman–Crippen MR) is 153 cm³/mol. The first-order valence-corrected chi connectivity index (χ1v) is 14.4. The van der Waals surface area contributed by atoms with Crippen molar-refractivity contribution in [1.82, 2.24) is 40.1 Å². The van der Waals surface area contributed by atoms with Crippen LogP contribution in [0.4, 0.5) is 5.69 Å². The highest BCUT2D eigenvalue weighted by Crippen LogP contribution is 2.34. The first-order chi connectivity index (χ1) is 19.9. The molecule has 0 saturated heterocycles. The second-order valence-corrected chi connectivity index (χ2v) is 10.4. The van der Waals surface area contributed by atoms with Crippen LogP contribution in [0.5, 0.6) is 5.75 Å². The van der Waals surface area contributed by atoms with Crippen LogP contribution in [0.3, 0.4) is 0 Å². The van der Waals surface area contributed by atoms with Crippen molar-refractivity contribution in [3.8, 4) is 17.3 Å². The molecule has 0 unspecified atom stereocenters. The normalized spacial score (nSPS) is 13.2. The van der Waals surface area contributed by atoms with Crippen molar-refractivity contribution in [3.05, 3.63) is 47.8 Å². The molecule has 0 saturated carbocycles. The van der Waals surface area contributed by atoms with Crippen molar-refractivity contribution >= 4 is 23.1 Å². The van der Waals surface area contributed by atoms with Crippen molar-refractivity contribution < 1.29 is 14.3 Å². The fraction of sp³-hybridized carbons (Fsp3) is 0.483. The first kappa shape index (κ1) is 28.2. The molecule has 0 spiro atoms. The van der Waals surface area contributed by atoms with Gasteiger partial charge in [-0.05, 0) is 40.8 Å². The summed E-state index contributed by atoms with van der Waals surface area (Å²) in [5.74, 6) is 1.51. The quantitative estimate of drug-likeness (QED) is 0.276. The molecule has 0 aliphatic carbocycles. The molecule has 5 rings (SSSR count). The number of tetrazole rings is 1. The highest BCUT2D eigenvalue weighted by molar-refractivity contribution is 5.98. The third-order valence-corrected chi connectivity index (χ3v) is 7.87. The van der Waals surface area contributed by atoms with Crippen molar-refractivity contribution in [2.24, 2.45) is 11.8 Å². The van der Waals surface area contributed by atoms with Crippen LogP contribution in [0.1, 0.15) is 69.4 Å². The standard InChI is InChI=1S/C29H37N9O3/c1-5-19(6-2)16-36-23-13-21(9-10-25(23)41-18-27(36)39)15-30-29(40)22-14-24(38-26(32-22)11-12-31-38)28-33-35-37(34-28)17-20(7-3)8-4/h9-14,19-20H,5-8,15-18H2,1-4H3,(H,30,40). The van der Waals surface area contributed by atoms with Crippen LogP contribution in [-0.2, 0) is 17.9 Å². The summed E-state index contributed by atoms with van der Waals surface area (Å²) in [6, 6.07) is 9.02. The summed E-state index contributed by atoms with van der Waals surface area (Å²) in [6.07, 6.45) is 5.66. The van der Waals surface area contributed by atoms with E-state index in [4.69, 9.17) is 4.74 Å². The van der Waals surface area contributed by atoms with Gasteiger partial charge in [-0.3, -0.25) is 9.59 Å². The van der Waals surface area contributed by atoms with E-state index in [2.05, 4.69) is 58.5 Å². The lowest BCUT2D eigenvalue weighted by Crippen LogP contribution is -2.41. The summed E-state index contributed by atoms with van der Waals surface area (Å²) < 4.78 is 7.27. The maximum Gasteiger partial charge on any atom is 0.270 e. The Morgan fingerprint density at radius 3 is 2.54 bits per heavy atom. The van der Waals surface area contributed by atoms with E-state index in [1.165, 1.54) is 0 Å². The van der Waals surface area contributed by atoms with Gasteiger partial charge in [0, 0.05) is 19.2 Å². The van der Waals surface area contributed by atoms with E-state index in [0.29, 0.717) is 47.8 Å². The van der Waals surface area contributed by atoms with Crippen LogP contribution in [0.2, 0.25) is 0 Å². The maximum absolute atomic E-state index is 13.3. The fourth-order valence-electron chi connectivity index (χ4n) is 5.03. The lowest BCUT2D eigenvalue weighted by atomic mass is 10.0.